The third kappa shape index (κ3) is 2.52. The monoisotopic (exact) mass is 350 g/mol. The van der Waals surface area contributed by atoms with Crippen molar-refractivity contribution in [3.8, 4) is 11.3 Å². The van der Waals surface area contributed by atoms with E-state index in [9.17, 15) is 18.7 Å². The molecular weight excluding hydrogens is 334 g/mol. The molecule has 2 aliphatic heterocycles. The van der Waals surface area contributed by atoms with Crippen molar-refractivity contribution >= 4 is 17.3 Å². The average Bonchev–Trinajstić information content (AvgIpc) is 3.23. The van der Waals surface area contributed by atoms with Crippen LogP contribution in [-0.2, 0) is 11.3 Å². The zero-order valence-electron chi connectivity index (χ0n) is 12.8. The first-order valence-electron chi connectivity index (χ1n) is 7.92. The molecule has 126 valence electrons. The highest BCUT2D eigenvalue weighted by atomic mass is 32.1. The van der Waals surface area contributed by atoms with Crippen molar-refractivity contribution in [3.63, 3.8) is 0 Å². The van der Waals surface area contributed by atoms with E-state index in [1.807, 2.05) is 0 Å². The van der Waals surface area contributed by atoms with Gasteiger partial charge in [-0.1, -0.05) is 6.07 Å². The lowest BCUT2D eigenvalue weighted by Gasteiger charge is -2.21. The maximum absolute atomic E-state index is 13.9. The first-order valence-corrected chi connectivity index (χ1v) is 8.80. The molecule has 0 aliphatic carbocycles. The molecule has 0 saturated carbocycles. The van der Waals surface area contributed by atoms with Crippen LogP contribution >= 0.6 is 11.3 Å². The summed E-state index contributed by atoms with van der Waals surface area (Å²) in [6.45, 7) is 0.542. The number of rotatable bonds is 4. The molecular formula is C17H16F2N2O2S. The van der Waals surface area contributed by atoms with Gasteiger partial charge in [0.05, 0.1) is 23.7 Å². The Morgan fingerprint density at radius 1 is 1.33 bits per heavy atom. The maximum Gasteiger partial charge on any atom is 0.308 e. The van der Waals surface area contributed by atoms with Crippen molar-refractivity contribution in [2.45, 2.75) is 37.9 Å². The van der Waals surface area contributed by atoms with Crippen molar-refractivity contribution in [2.75, 3.05) is 0 Å². The molecule has 24 heavy (non-hydrogen) atoms. The van der Waals surface area contributed by atoms with Crippen molar-refractivity contribution < 1.29 is 18.7 Å². The number of fused-ring (bicyclic) bond motifs is 2. The molecule has 4 nitrogen and oxygen atoms in total. The lowest BCUT2D eigenvalue weighted by molar-refractivity contribution is -0.142. The van der Waals surface area contributed by atoms with Gasteiger partial charge in [0.2, 0.25) is 0 Å². The maximum atomic E-state index is 13.9. The third-order valence-electron chi connectivity index (χ3n) is 5.09. The minimum Gasteiger partial charge on any atom is -0.481 e. The highest BCUT2D eigenvalue weighted by Crippen LogP contribution is 2.43. The number of aliphatic carboxylic acids is 1. The number of nitrogens with zero attached hydrogens (tertiary/aromatic N) is 2. The lowest BCUT2D eigenvalue weighted by Crippen LogP contribution is -2.32. The Morgan fingerprint density at radius 3 is 2.75 bits per heavy atom. The van der Waals surface area contributed by atoms with E-state index in [1.165, 1.54) is 29.5 Å². The van der Waals surface area contributed by atoms with E-state index in [4.69, 9.17) is 0 Å². The Bertz CT molecular complexity index is 774. The summed E-state index contributed by atoms with van der Waals surface area (Å²) in [5.74, 6) is -2.30. The molecule has 7 heteroatoms. The van der Waals surface area contributed by atoms with Gasteiger partial charge < -0.3 is 5.11 Å². The molecule has 3 atom stereocenters. The van der Waals surface area contributed by atoms with Gasteiger partial charge in [-0.25, -0.2) is 13.8 Å². The molecule has 1 N–H and O–H groups in total. The standard InChI is InChI=1S/C17H16F2N2O2S/c18-11-2-1-3-12(19)16(11)13-8-24-15(20-13)7-21-9-4-5-14(21)10(6-9)17(22)23/h1-3,8-10,14H,4-7H2,(H,22,23). The van der Waals surface area contributed by atoms with Crippen LogP contribution in [0.3, 0.4) is 0 Å². The summed E-state index contributed by atoms with van der Waals surface area (Å²) >= 11 is 1.36. The molecule has 4 rings (SSSR count). The van der Waals surface area contributed by atoms with Gasteiger partial charge >= 0.3 is 5.97 Å². The van der Waals surface area contributed by atoms with Crippen LogP contribution < -0.4 is 0 Å². The number of halogens is 2. The molecule has 0 radical (unpaired) electrons. The van der Waals surface area contributed by atoms with Gasteiger partial charge in [0.1, 0.15) is 16.6 Å². The predicted molar refractivity (Wildman–Crippen MR) is 85.6 cm³/mol. The second-order valence-electron chi connectivity index (χ2n) is 6.37. The summed E-state index contributed by atoms with van der Waals surface area (Å²) in [6.07, 6.45) is 2.58. The first kappa shape index (κ1) is 15.7. The number of hydrogen-bond donors (Lipinski definition) is 1. The second-order valence-corrected chi connectivity index (χ2v) is 7.32. The fourth-order valence-corrected chi connectivity index (χ4v) is 4.80. The van der Waals surface area contributed by atoms with Crippen molar-refractivity contribution in [3.05, 3.63) is 40.2 Å². The van der Waals surface area contributed by atoms with Gasteiger partial charge in [0, 0.05) is 17.5 Å². The Morgan fingerprint density at radius 2 is 2.08 bits per heavy atom. The number of hydrogen-bond acceptors (Lipinski definition) is 4. The topological polar surface area (TPSA) is 53.4 Å². The van der Waals surface area contributed by atoms with Crippen LogP contribution in [0.15, 0.2) is 23.6 Å². The fourth-order valence-electron chi connectivity index (χ4n) is 4.01. The Labute approximate surface area is 141 Å². The molecule has 2 bridgehead atoms. The number of aromatic nitrogens is 1. The molecule has 0 amide bonds. The van der Waals surface area contributed by atoms with E-state index in [2.05, 4.69) is 9.88 Å². The van der Waals surface area contributed by atoms with E-state index < -0.39 is 17.6 Å². The molecule has 3 heterocycles. The van der Waals surface area contributed by atoms with Crippen LogP contribution in [0.25, 0.3) is 11.3 Å². The lowest BCUT2D eigenvalue weighted by atomic mass is 9.89. The quantitative estimate of drug-likeness (QED) is 0.917. The Kier molecular flexibility index (Phi) is 3.85. The van der Waals surface area contributed by atoms with Crippen LogP contribution in [0.2, 0.25) is 0 Å². The summed E-state index contributed by atoms with van der Waals surface area (Å²) in [6, 6.07) is 4.08. The highest BCUT2D eigenvalue weighted by Gasteiger charge is 2.49. The molecule has 3 unspecified atom stereocenters. The van der Waals surface area contributed by atoms with Crippen LogP contribution in [0, 0.1) is 17.6 Å². The van der Waals surface area contributed by atoms with E-state index in [0.29, 0.717) is 18.7 Å². The van der Waals surface area contributed by atoms with Crippen LogP contribution in [-0.4, -0.2) is 33.0 Å². The minimum absolute atomic E-state index is 0.0463. The summed E-state index contributed by atoms with van der Waals surface area (Å²) < 4.78 is 27.7. The number of thiazole rings is 1. The van der Waals surface area contributed by atoms with E-state index in [1.54, 1.807) is 5.38 Å². The van der Waals surface area contributed by atoms with Crippen LogP contribution in [0.1, 0.15) is 24.3 Å². The van der Waals surface area contributed by atoms with Crippen LogP contribution in [0.5, 0.6) is 0 Å². The van der Waals surface area contributed by atoms with E-state index in [0.717, 1.165) is 17.8 Å². The third-order valence-corrected chi connectivity index (χ3v) is 5.92. The highest BCUT2D eigenvalue weighted by molar-refractivity contribution is 7.09. The second kappa shape index (κ2) is 5.89. The van der Waals surface area contributed by atoms with Gasteiger partial charge in [-0.15, -0.1) is 11.3 Å². The number of carbonyl (C=O) groups is 1. The largest absolute Gasteiger partial charge is 0.481 e. The number of benzene rings is 1. The molecule has 0 spiro atoms. The van der Waals surface area contributed by atoms with Crippen LogP contribution in [0.4, 0.5) is 8.78 Å². The first-order chi connectivity index (χ1) is 11.5. The number of carboxylic acids is 1. The molecule has 2 aromatic rings. The molecule has 2 saturated heterocycles. The summed E-state index contributed by atoms with van der Waals surface area (Å²) in [5.41, 5.74) is 0.194. The molecule has 2 fully saturated rings. The van der Waals surface area contributed by atoms with Gasteiger partial charge in [-0.2, -0.15) is 0 Å². The normalized spacial score (nSPS) is 26.2. The predicted octanol–water partition coefficient (Wildman–Crippen LogP) is 3.53. The Balaban J connectivity index is 1.56. The van der Waals surface area contributed by atoms with E-state index in [-0.39, 0.29) is 23.6 Å². The van der Waals surface area contributed by atoms with E-state index >= 15 is 0 Å². The SMILES string of the molecule is O=C(O)C1CC2CCC1N2Cc1nc(-c2c(F)cccc2F)cs1. The molecule has 1 aromatic heterocycles. The summed E-state index contributed by atoms with van der Waals surface area (Å²) in [7, 11) is 0. The van der Waals surface area contributed by atoms with Crippen molar-refractivity contribution in [2.24, 2.45) is 5.92 Å². The van der Waals surface area contributed by atoms with Crippen molar-refractivity contribution in [1.82, 2.24) is 9.88 Å². The zero-order chi connectivity index (χ0) is 16.8. The molecule has 1 aromatic carbocycles. The van der Waals surface area contributed by atoms with Gasteiger partial charge in [0.25, 0.3) is 0 Å². The van der Waals surface area contributed by atoms with Gasteiger partial charge in [-0.05, 0) is 31.4 Å². The molecule has 2 aliphatic rings. The minimum atomic E-state index is -0.736. The summed E-state index contributed by atoms with van der Waals surface area (Å²) in [4.78, 5) is 17.9. The van der Waals surface area contributed by atoms with Crippen molar-refractivity contribution in [1.29, 1.82) is 0 Å². The average molecular weight is 350 g/mol. The zero-order valence-corrected chi connectivity index (χ0v) is 13.6. The smallest absolute Gasteiger partial charge is 0.308 e. The van der Waals surface area contributed by atoms with Gasteiger partial charge in [0.15, 0.2) is 0 Å². The summed E-state index contributed by atoms with van der Waals surface area (Å²) in [5, 5.41) is 11.7. The van der Waals surface area contributed by atoms with Gasteiger partial charge in [-0.3, -0.25) is 9.69 Å². The number of carboxylic acid groups (broad SMARTS) is 1. The fraction of sp³-hybridized carbons (Fsp3) is 0.412. The Hall–Kier alpha value is -1.86.